The van der Waals surface area contributed by atoms with Crippen LogP contribution in [-0.2, 0) is 11.2 Å². The molecular formula is C15H21NO. The Bertz CT molecular complexity index is 373. The second-order valence-electron chi connectivity index (χ2n) is 5.26. The number of hydrogen-bond donors (Lipinski definition) is 1. The fraction of sp³-hybridized carbons (Fsp3) is 0.600. The van der Waals surface area contributed by atoms with Gasteiger partial charge < -0.3 is 10.1 Å². The van der Waals surface area contributed by atoms with Crippen LogP contribution < -0.4 is 5.32 Å². The third kappa shape index (κ3) is 2.53. The molecule has 0 bridgehead atoms. The Hall–Kier alpha value is -0.860. The van der Waals surface area contributed by atoms with Crippen LogP contribution in [0.2, 0.25) is 0 Å². The Morgan fingerprint density at radius 1 is 1.18 bits per heavy atom. The monoisotopic (exact) mass is 231 g/mol. The summed E-state index contributed by atoms with van der Waals surface area (Å²) in [6.07, 6.45) is 5.58. The third-order valence-corrected chi connectivity index (χ3v) is 4.08. The number of ether oxygens (including phenoxy) is 1. The fourth-order valence-corrected chi connectivity index (χ4v) is 2.76. The Balaban J connectivity index is 1.56. The number of hydrogen-bond acceptors (Lipinski definition) is 2. The number of nitrogens with one attached hydrogen (secondary N) is 1. The van der Waals surface area contributed by atoms with Crippen molar-refractivity contribution in [3.63, 3.8) is 0 Å². The lowest BCUT2D eigenvalue weighted by molar-refractivity contribution is 0.0413. The molecule has 0 saturated heterocycles. The molecule has 1 unspecified atom stereocenters. The zero-order valence-corrected chi connectivity index (χ0v) is 10.3. The first kappa shape index (κ1) is 11.2. The van der Waals surface area contributed by atoms with Crippen molar-refractivity contribution in [1.29, 1.82) is 0 Å². The molecule has 1 heterocycles. The second-order valence-corrected chi connectivity index (χ2v) is 5.26. The Morgan fingerprint density at radius 3 is 2.88 bits per heavy atom. The van der Waals surface area contributed by atoms with Crippen LogP contribution in [0.15, 0.2) is 24.3 Å². The minimum Gasteiger partial charge on any atom is -0.372 e. The first-order valence-corrected chi connectivity index (χ1v) is 6.83. The maximum Gasteiger partial charge on any atom is 0.0952 e. The van der Waals surface area contributed by atoms with Gasteiger partial charge in [-0.3, -0.25) is 0 Å². The first-order valence-electron chi connectivity index (χ1n) is 6.83. The van der Waals surface area contributed by atoms with Gasteiger partial charge in [-0.1, -0.05) is 30.7 Å². The van der Waals surface area contributed by atoms with E-state index < -0.39 is 0 Å². The summed E-state index contributed by atoms with van der Waals surface area (Å²) in [6, 6.07) is 8.69. The minimum atomic E-state index is 0.264. The maximum atomic E-state index is 5.88. The van der Waals surface area contributed by atoms with E-state index in [2.05, 4.69) is 29.6 Å². The molecule has 1 saturated carbocycles. The molecule has 0 aromatic heterocycles. The molecule has 92 valence electrons. The lowest BCUT2D eigenvalue weighted by Crippen LogP contribution is -2.32. The van der Waals surface area contributed by atoms with Crippen LogP contribution in [0.25, 0.3) is 0 Å². The normalized spacial score (nSPS) is 24.1. The predicted octanol–water partition coefficient (Wildman–Crippen LogP) is 2.69. The van der Waals surface area contributed by atoms with Gasteiger partial charge >= 0.3 is 0 Å². The molecule has 0 spiro atoms. The van der Waals surface area contributed by atoms with Crippen molar-refractivity contribution in [3.8, 4) is 0 Å². The van der Waals surface area contributed by atoms with Gasteiger partial charge in [0.05, 0.1) is 12.7 Å². The van der Waals surface area contributed by atoms with E-state index >= 15 is 0 Å². The van der Waals surface area contributed by atoms with Gasteiger partial charge in [0.25, 0.3) is 0 Å². The van der Waals surface area contributed by atoms with E-state index in [1.165, 1.54) is 36.9 Å². The van der Waals surface area contributed by atoms with Crippen LogP contribution in [-0.4, -0.2) is 19.7 Å². The smallest absolute Gasteiger partial charge is 0.0952 e. The van der Waals surface area contributed by atoms with Crippen LogP contribution in [0.1, 0.15) is 36.5 Å². The van der Waals surface area contributed by atoms with Crippen LogP contribution in [0.4, 0.5) is 0 Å². The van der Waals surface area contributed by atoms with Gasteiger partial charge in [0.1, 0.15) is 0 Å². The van der Waals surface area contributed by atoms with E-state index in [0.717, 1.165) is 25.5 Å². The number of benzene rings is 1. The summed E-state index contributed by atoms with van der Waals surface area (Å²) in [6.45, 7) is 3.00. The van der Waals surface area contributed by atoms with E-state index in [4.69, 9.17) is 4.74 Å². The zero-order chi connectivity index (χ0) is 11.5. The molecule has 1 aromatic rings. The molecule has 17 heavy (non-hydrogen) atoms. The lowest BCUT2D eigenvalue weighted by Gasteiger charge is -2.29. The Kier molecular flexibility index (Phi) is 3.44. The SMILES string of the molecule is c1ccc2c(c1)CCOC2CNCC1CCC1. The van der Waals surface area contributed by atoms with Gasteiger partial charge in [-0.05, 0) is 42.9 Å². The van der Waals surface area contributed by atoms with Crippen LogP contribution >= 0.6 is 0 Å². The van der Waals surface area contributed by atoms with Crippen LogP contribution in [0.5, 0.6) is 0 Å². The summed E-state index contributed by atoms with van der Waals surface area (Å²) in [5.41, 5.74) is 2.86. The molecule has 1 aliphatic carbocycles. The van der Waals surface area contributed by atoms with Gasteiger partial charge in [-0.15, -0.1) is 0 Å². The summed E-state index contributed by atoms with van der Waals surface area (Å²) in [5.74, 6) is 0.925. The molecule has 1 fully saturated rings. The lowest BCUT2D eigenvalue weighted by atomic mass is 9.85. The zero-order valence-electron chi connectivity index (χ0n) is 10.3. The Morgan fingerprint density at radius 2 is 2.06 bits per heavy atom. The fourth-order valence-electron chi connectivity index (χ4n) is 2.76. The number of rotatable bonds is 4. The molecule has 1 aliphatic heterocycles. The quantitative estimate of drug-likeness (QED) is 0.860. The molecule has 0 amide bonds. The molecule has 2 heteroatoms. The summed E-state index contributed by atoms with van der Waals surface area (Å²) in [4.78, 5) is 0. The molecule has 2 nitrogen and oxygen atoms in total. The van der Waals surface area contributed by atoms with E-state index in [9.17, 15) is 0 Å². The topological polar surface area (TPSA) is 21.3 Å². The second kappa shape index (κ2) is 5.19. The average Bonchev–Trinajstić information content (AvgIpc) is 2.32. The van der Waals surface area contributed by atoms with Crippen molar-refractivity contribution in [2.24, 2.45) is 5.92 Å². The third-order valence-electron chi connectivity index (χ3n) is 4.08. The van der Waals surface area contributed by atoms with Crippen molar-refractivity contribution < 1.29 is 4.74 Å². The standard InChI is InChI=1S/C15H21NO/c1-2-7-14-13(6-1)8-9-17-15(14)11-16-10-12-4-3-5-12/h1-2,6-7,12,15-16H,3-5,8-11H2. The molecule has 1 aromatic carbocycles. The van der Waals surface area contributed by atoms with Crippen molar-refractivity contribution >= 4 is 0 Å². The minimum absolute atomic E-state index is 0.264. The van der Waals surface area contributed by atoms with Gasteiger partial charge in [0.2, 0.25) is 0 Å². The van der Waals surface area contributed by atoms with Crippen molar-refractivity contribution in [2.45, 2.75) is 31.8 Å². The summed E-state index contributed by atoms with van der Waals surface area (Å²) in [5, 5.41) is 3.57. The molecule has 1 atom stereocenters. The average molecular weight is 231 g/mol. The highest BCUT2D eigenvalue weighted by atomic mass is 16.5. The van der Waals surface area contributed by atoms with Crippen molar-refractivity contribution in [1.82, 2.24) is 5.32 Å². The van der Waals surface area contributed by atoms with Gasteiger partial charge in [-0.25, -0.2) is 0 Å². The van der Waals surface area contributed by atoms with E-state index in [0.29, 0.717) is 0 Å². The highest BCUT2D eigenvalue weighted by Crippen LogP contribution is 2.27. The van der Waals surface area contributed by atoms with Crippen LogP contribution in [0, 0.1) is 5.92 Å². The van der Waals surface area contributed by atoms with E-state index in [1.807, 2.05) is 0 Å². The first-order chi connectivity index (χ1) is 8.43. The number of fused-ring (bicyclic) bond motifs is 1. The molecule has 2 aliphatic rings. The Labute approximate surface area is 103 Å². The van der Waals surface area contributed by atoms with Gasteiger partial charge in [0, 0.05) is 6.54 Å². The largest absolute Gasteiger partial charge is 0.372 e. The van der Waals surface area contributed by atoms with Crippen LogP contribution in [0.3, 0.4) is 0 Å². The highest BCUT2D eigenvalue weighted by Gasteiger charge is 2.21. The molecular weight excluding hydrogens is 210 g/mol. The van der Waals surface area contributed by atoms with E-state index in [-0.39, 0.29) is 6.10 Å². The maximum absolute atomic E-state index is 5.88. The van der Waals surface area contributed by atoms with Gasteiger partial charge in [-0.2, -0.15) is 0 Å². The van der Waals surface area contributed by atoms with Crippen molar-refractivity contribution in [2.75, 3.05) is 19.7 Å². The summed E-state index contributed by atoms with van der Waals surface area (Å²) in [7, 11) is 0. The van der Waals surface area contributed by atoms with E-state index in [1.54, 1.807) is 0 Å². The van der Waals surface area contributed by atoms with Gasteiger partial charge in [0.15, 0.2) is 0 Å². The summed E-state index contributed by atoms with van der Waals surface area (Å²) < 4.78 is 5.88. The summed E-state index contributed by atoms with van der Waals surface area (Å²) >= 11 is 0. The predicted molar refractivity (Wildman–Crippen MR) is 69.0 cm³/mol. The molecule has 3 rings (SSSR count). The molecule has 1 N–H and O–H groups in total. The van der Waals surface area contributed by atoms with Crippen molar-refractivity contribution in [3.05, 3.63) is 35.4 Å². The highest BCUT2D eigenvalue weighted by molar-refractivity contribution is 5.31. The molecule has 0 radical (unpaired) electrons.